The van der Waals surface area contributed by atoms with E-state index in [9.17, 15) is 9.18 Å². The van der Waals surface area contributed by atoms with Gasteiger partial charge in [0.2, 0.25) is 0 Å². The number of fused-ring (bicyclic) bond motifs is 1. The molecule has 0 radical (unpaired) electrons. The van der Waals surface area contributed by atoms with Gasteiger partial charge in [0.1, 0.15) is 11.6 Å². The molecule has 1 N–H and O–H groups in total. The zero-order chi connectivity index (χ0) is 15.5. The summed E-state index contributed by atoms with van der Waals surface area (Å²) in [5.41, 5.74) is 0. The Hall–Kier alpha value is -2.43. The second kappa shape index (κ2) is 6.13. The summed E-state index contributed by atoms with van der Waals surface area (Å²) in [7, 11) is 0. The monoisotopic (exact) mass is 300 g/mol. The molecule has 2 aromatic rings. The maximum absolute atomic E-state index is 13.5. The van der Waals surface area contributed by atoms with Crippen LogP contribution >= 0.6 is 0 Å². The zero-order valence-electron chi connectivity index (χ0n) is 12.1. The highest BCUT2D eigenvalue weighted by Gasteiger charge is 2.20. The van der Waals surface area contributed by atoms with Gasteiger partial charge in [-0.2, -0.15) is 0 Å². The Morgan fingerprint density at radius 3 is 2.82 bits per heavy atom. The number of piperidine rings is 1. The molecule has 4 nitrogen and oxygen atoms in total. The van der Waals surface area contributed by atoms with Gasteiger partial charge in [-0.1, -0.05) is 12.1 Å². The smallest absolute Gasteiger partial charge is 0.327 e. The lowest BCUT2D eigenvalue weighted by Crippen LogP contribution is -2.33. The van der Waals surface area contributed by atoms with Gasteiger partial charge < -0.3 is 10.0 Å². The second-order valence-corrected chi connectivity index (χ2v) is 5.52. The molecule has 1 fully saturated rings. The average Bonchev–Trinajstić information content (AvgIpc) is 2.53. The third kappa shape index (κ3) is 3.08. The summed E-state index contributed by atoms with van der Waals surface area (Å²) >= 11 is 0. The molecule has 0 spiro atoms. The molecule has 1 aromatic carbocycles. The molecule has 0 aliphatic carbocycles. The molecule has 2 heterocycles. The van der Waals surface area contributed by atoms with Crippen LogP contribution in [0.1, 0.15) is 12.8 Å². The van der Waals surface area contributed by atoms with Gasteiger partial charge in [0.25, 0.3) is 0 Å². The Kier molecular flexibility index (Phi) is 4.04. The first-order chi connectivity index (χ1) is 10.6. The van der Waals surface area contributed by atoms with Crippen LogP contribution in [0.3, 0.4) is 0 Å². The van der Waals surface area contributed by atoms with Gasteiger partial charge in [-0.3, -0.25) is 0 Å². The number of allylic oxidation sites excluding steroid dienone is 1. The first-order valence-corrected chi connectivity index (χ1v) is 7.34. The summed E-state index contributed by atoms with van der Waals surface area (Å²) in [6.07, 6.45) is 6.46. The van der Waals surface area contributed by atoms with Crippen molar-refractivity contribution in [1.82, 2.24) is 4.98 Å². The van der Waals surface area contributed by atoms with E-state index in [0.29, 0.717) is 0 Å². The molecule has 0 atom stereocenters. The van der Waals surface area contributed by atoms with Gasteiger partial charge in [-0.15, -0.1) is 0 Å². The van der Waals surface area contributed by atoms with Gasteiger partial charge >= 0.3 is 5.97 Å². The predicted molar refractivity (Wildman–Crippen MR) is 83.4 cm³/mol. The van der Waals surface area contributed by atoms with Crippen LogP contribution in [0.25, 0.3) is 10.8 Å². The van der Waals surface area contributed by atoms with Crippen molar-refractivity contribution in [3.05, 3.63) is 48.4 Å². The van der Waals surface area contributed by atoms with Crippen LogP contribution in [0.2, 0.25) is 0 Å². The summed E-state index contributed by atoms with van der Waals surface area (Å²) < 4.78 is 13.5. The normalized spacial score (nSPS) is 16.5. The van der Waals surface area contributed by atoms with Crippen LogP contribution in [-0.2, 0) is 4.79 Å². The van der Waals surface area contributed by atoms with E-state index < -0.39 is 5.97 Å². The van der Waals surface area contributed by atoms with E-state index in [1.807, 2.05) is 6.07 Å². The van der Waals surface area contributed by atoms with E-state index in [4.69, 9.17) is 5.11 Å². The number of benzene rings is 1. The summed E-state index contributed by atoms with van der Waals surface area (Å²) in [5.74, 6) is -0.0913. The lowest BCUT2D eigenvalue weighted by atomic mass is 9.96. The number of aromatic nitrogens is 1. The van der Waals surface area contributed by atoms with Crippen LogP contribution < -0.4 is 4.90 Å². The Morgan fingerprint density at radius 2 is 2.09 bits per heavy atom. The third-order valence-corrected chi connectivity index (χ3v) is 4.06. The molecule has 0 saturated carbocycles. The molecule has 1 aliphatic heterocycles. The van der Waals surface area contributed by atoms with Gasteiger partial charge in [0.15, 0.2) is 0 Å². The molecule has 5 heteroatoms. The number of carboxylic acids is 1. The standard InChI is InChI=1S/C17H17FN2O2/c18-14-3-2-13-5-8-19-17(15(13)11-14)20-9-6-12(7-10-20)1-4-16(21)22/h1-5,8,11-12H,6-7,9-10H2,(H,21,22)/b4-1+. The zero-order valence-corrected chi connectivity index (χ0v) is 12.1. The summed E-state index contributed by atoms with van der Waals surface area (Å²) in [6, 6.07) is 6.61. The van der Waals surface area contributed by atoms with E-state index in [0.717, 1.165) is 42.5 Å². The number of carboxylic acid groups (broad SMARTS) is 1. The summed E-state index contributed by atoms with van der Waals surface area (Å²) in [5, 5.41) is 10.5. The highest BCUT2D eigenvalue weighted by Crippen LogP contribution is 2.29. The van der Waals surface area contributed by atoms with Crippen LogP contribution in [0, 0.1) is 11.7 Å². The highest BCUT2D eigenvalue weighted by atomic mass is 19.1. The van der Waals surface area contributed by atoms with E-state index in [1.54, 1.807) is 18.3 Å². The molecule has 1 saturated heterocycles. The second-order valence-electron chi connectivity index (χ2n) is 5.52. The highest BCUT2D eigenvalue weighted by molar-refractivity contribution is 5.92. The molecule has 0 bridgehead atoms. The number of hydrogen-bond acceptors (Lipinski definition) is 3. The summed E-state index contributed by atoms with van der Waals surface area (Å²) in [4.78, 5) is 17.1. The number of aliphatic carboxylic acids is 1. The van der Waals surface area contributed by atoms with Gasteiger partial charge in [0, 0.05) is 30.7 Å². The number of halogens is 1. The van der Waals surface area contributed by atoms with Crippen molar-refractivity contribution in [1.29, 1.82) is 0 Å². The molecule has 0 unspecified atom stereocenters. The molecule has 114 valence electrons. The van der Waals surface area contributed by atoms with Crippen LogP contribution in [-0.4, -0.2) is 29.1 Å². The van der Waals surface area contributed by atoms with Gasteiger partial charge in [-0.05, 0) is 42.3 Å². The SMILES string of the molecule is O=C(O)/C=C/C1CCN(c2nccc3ccc(F)cc23)CC1. The quantitative estimate of drug-likeness (QED) is 0.884. The Balaban J connectivity index is 1.79. The van der Waals surface area contributed by atoms with Crippen molar-refractivity contribution in [2.45, 2.75) is 12.8 Å². The lowest BCUT2D eigenvalue weighted by Gasteiger charge is -2.32. The fourth-order valence-electron chi connectivity index (χ4n) is 2.90. The van der Waals surface area contributed by atoms with Crippen LogP contribution in [0.4, 0.5) is 10.2 Å². The van der Waals surface area contributed by atoms with E-state index in [-0.39, 0.29) is 11.7 Å². The van der Waals surface area contributed by atoms with Crippen LogP contribution in [0.5, 0.6) is 0 Å². The number of anilines is 1. The number of rotatable bonds is 3. The lowest BCUT2D eigenvalue weighted by molar-refractivity contribution is -0.131. The van der Waals surface area contributed by atoms with Gasteiger partial charge in [0.05, 0.1) is 0 Å². The Bertz CT molecular complexity index is 722. The first kappa shape index (κ1) is 14.5. The molecule has 1 aliphatic rings. The molecule has 22 heavy (non-hydrogen) atoms. The first-order valence-electron chi connectivity index (χ1n) is 7.34. The number of hydrogen-bond donors (Lipinski definition) is 1. The van der Waals surface area contributed by atoms with Crippen molar-refractivity contribution in [3.8, 4) is 0 Å². The Morgan fingerprint density at radius 1 is 1.32 bits per heavy atom. The minimum atomic E-state index is -0.909. The van der Waals surface area contributed by atoms with E-state index in [1.165, 1.54) is 18.2 Å². The maximum atomic E-state index is 13.5. The Labute approximate surface area is 127 Å². The topological polar surface area (TPSA) is 53.4 Å². The number of nitrogens with zero attached hydrogens (tertiary/aromatic N) is 2. The average molecular weight is 300 g/mol. The van der Waals surface area contributed by atoms with E-state index in [2.05, 4.69) is 9.88 Å². The van der Waals surface area contributed by atoms with Crippen molar-refractivity contribution >= 4 is 22.6 Å². The fraction of sp³-hybridized carbons (Fsp3) is 0.294. The predicted octanol–water partition coefficient (Wildman–Crippen LogP) is 3.23. The third-order valence-electron chi connectivity index (χ3n) is 4.06. The maximum Gasteiger partial charge on any atom is 0.327 e. The fourth-order valence-corrected chi connectivity index (χ4v) is 2.90. The molecular formula is C17H17FN2O2. The van der Waals surface area contributed by atoms with Gasteiger partial charge in [-0.25, -0.2) is 14.2 Å². The molecule has 3 rings (SSSR count). The number of pyridine rings is 1. The minimum Gasteiger partial charge on any atom is -0.478 e. The molecule has 0 amide bonds. The van der Waals surface area contributed by atoms with Crippen molar-refractivity contribution in [3.63, 3.8) is 0 Å². The van der Waals surface area contributed by atoms with E-state index >= 15 is 0 Å². The molecular weight excluding hydrogens is 283 g/mol. The van der Waals surface area contributed by atoms with Crippen LogP contribution in [0.15, 0.2) is 42.6 Å². The molecule has 1 aromatic heterocycles. The van der Waals surface area contributed by atoms with Crippen molar-refractivity contribution in [2.24, 2.45) is 5.92 Å². The minimum absolute atomic E-state index is 0.263. The summed E-state index contributed by atoms with van der Waals surface area (Å²) in [6.45, 7) is 1.58. The number of carbonyl (C=O) groups is 1. The largest absolute Gasteiger partial charge is 0.478 e. The van der Waals surface area contributed by atoms with Crippen molar-refractivity contribution < 1.29 is 14.3 Å². The van der Waals surface area contributed by atoms with Crippen molar-refractivity contribution in [2.75, 3.05) is 18.0 Å².